The van der Waals surface area contributed by atoms with Gasteiger partial charge in [0.1, 0.15) is 27.2 Å². The lowest BCUT2D eigenvalue weighted by molar-refractivity contribution is 0.0798. The van der Waals surface area contributed by atoms with E-state index in [0.29, 0.717) is 31.9 Å². The van der Waals surface area contributed by atoms with Gasteiger partial charge in [-0.15, -0.1) is 22.7 Å². The third-order valence-corrected chi connectivity index (χ3v) is 6.35. The van der Waals surface area contributed by atoms with Gasteiger partial charge in [0.25, 0.3) is 5.91 Å². The number of pyridine rings is 1. The molecule has 8 heteroatoms. The van der Waals surface area contributed by atoms with E-state index in [1.807, 2.05) is 22.4 Å². The molecule has 0 bridgehead atoms. The van der Waals surface area contributed by atoms with Gasteiger partial charge in [-0.1, -0.05) is 6.07 Å². The van der Waals surface area contributed by atoms with Crippen molar-refractivity contribution in [1.29, 1.82) is 5.26 Å². The standard InChI is InChI=1S/C17H15N5OS2/c18-8-9-11(10-4-3-7-24-10)12-13(19)14(25-16(12)21-15(9)20)17(23)22-5-1-2-6-22/h3-4,7H,1-2,5-6,19H2,(H2,20,21). The van der Waals surface area contributed by atoms with Gasteiger partial charge in [0.15, 0.2) is 0 Å². The highest BCUT2D eigenvalue weighted by molar-refractivity contribution is 7.21. The molecule has 0 atom stereocenters. The fourth-order valence-electron chi connectivity index (χ4n) is 3.17. The summed E-state index contributed by atoms with van der Waals surface area (Å²) in [6.45, 7) is 1.51. The fourth-order valence-corrected chi connectivity index (χ4v) is 5.04. The number of nitrogen functional groups attached to an aromatic ring is 2. The van der Waals surface area contributed by atoms with Crippen LogP contribution < -0.4 is 11.5 Å². The van der Waals surface area contributed by atoms with Crippen LogP contribution in [-0.4, -0.2) is 28.9 Å². The molecule has 126 valence electrons. The molecule has 0 saturated carbocycles. The Morgan fingerprint density at radius 2 is 2.08 bits per heavy atom. The van der Waals surface area contributed by atoms with Gasteiger partial charge in [-0.3, -0.25) is 4.79 Å². The lowest BCUT2D eigenvalue weighted by atomic mass is 10.0. The van der Waals surface area contributed by atoms with Gasteiger partial charge in [-0.2, -0.15) is 5.26 Å². The van der Waals surface area contributed by atoms with Crippen molar-refractivity contribution in [3.8, 4) is 16.5 Å². The first-order valence-corrected chi connectivity index (χ1v) is 9.56. The number of anilines is 2. The topological polar surface area (TPSA) is 109 Å². The van der Waals surface area contributed by atoms with Crippen molar-refractivity contribution in [2.45, 2.75) is 12.8 Å². The van der Waals surface area contributed by atoms with Crippen LogP contribution in [0.2, 0.25) is 0 Å². The van der Waals surface area contributed by atoms with Crippen molar-refractivity contribution < 1.29 is 4.79 Å². The third kappa shape index (κ3) is 2.44. The number of carbonyl (C=O) groups excluding carboxylic acids is 1. The van der Waals surface area contributed by atoms with Gasteiger partial charge in [-0.05, 0) is 24.3 Å². The molecule has 1 saturated heterocycles. The van der Waals surface area contributed by atoms with Crippen molar-refractivity contribution in [1.82, 2.24) is 9.88 Å². The van der Waals surface area contributed by atoms with Crippen LogP contribution in [-0.2, 0) is 0 Å². The molecule has 0 radical (unpaired) electrons. The number of rotatable bonds is 2. The lowest BCUT2D eigenvalue weighted by Gasteiger charge is -2.14. The molecule has 1 fully saturated rings. The zero-order valence-electron chi connectivity index (χ0n) is 13.3. The van der Waals surface area contributed by atoms with E-state index in [2.05, 4.69) is 11.1 Å². The molecule has 4 heterocycles. The predicted octanol–water partition coefficient (Wildman–Crippen LogP) is 3.30. The first-order valence-electron chi connectivity index (χ1n) is 7.86. The highest BCUT2D eigenvalue weighted by Crippen LogP contribution is 2.44. The molecule has 0 aromatic carbocycles. The maximum absolute atomic E-state index is 12.8. The van der Waals surface area contributed by atoms with Crippen LogP contribution in [0.4, 0.5) is 11.5 Å². The Kier molecular flexibility index (Phi) is 3.82. The number of aromatic nitrogens is 1. The molecule has 1 aliphatic rings. The number of nitriles is 1. The minimum absolute atomic E-state index is 0.0628. The monoisotopic (exact) mass is 369 g/mol. The van der Waals surface area contributed by atoms with Crippen molar-refractivity contribution >= 4 is 50.3 Å². The van der Waals surface area contributed by atoms with Gasteiger partial charge < -0.3 is 16.4 Å². The smallest absolute Gasteiger partial charge is 0.266 e. The van der Waals surface area contributed by atoms with Gasteiger partial charge in [0.05, 0.1) is 5.69 Å². The molecular formula is C17H15N5OS2. The van der Waals surface area contributed by atoms with Crippen LogP contribution in [0, 0.1) is 11.3 Å². The lowest BCUT2D eigenvalue weighted by Crippen LogP contribution is -2.27. The Bertz CT molecular complexity index is 1010. The summed E-state index contributed by atoms with van der Waals surface area (Å²) < 4.78 is 0. The highest BCUT2D eigenvalue weighted by atomic mass is 32.1. The van der Waals surface area contributed by atoms with E-state index < -0.39 is 0 Å². The first-order chi connectivity index (χ1) is 12.1. The zero-order chi connectivity index (χ0) is 17.6. The zero-order valence-corrected chi connectivity index (χ0v) is 14.9. The molecule has 1 amide bonds. The van der Waals surface area contributed by atoms with E-state index >= 15 is 0 Å². The molecule has 4 N–H and O–H groups in total. The molecule has 3 aromatic heterocycles. The minimum atomic E-state index is -0.0628. The molecule has 0 aliphatic carbocycles. The Balaban J connectivity index is 1.99. The number of thiophene rings is 2. The number of likely N-dealkylation sites (tertiary alicyclic amines) is 1. The SMILES string of the molecule is N#Cc1c(N)nc2sc(C(=O)N3CCCC3)c(N)c2c1-c1cccs1. The molecule has 1 aliphatic heterocycles. The molecular weight excluding hydrogens is 354 g/mol. The molecule has 0 unspecified atom stereocenters. The number of amides is 1. The molecule has 3 aromatic rings. The van der Waals surface area contributed by atoms with Gasteiger partial charge in [0.2, 0.25) is 0 Å². The van der Waals surface area contributed by atoms with Crippen molar-refractivity contribution in [3.63, 3.8) is 0 Å². The van der Waals surface area contributed by atoms with Crippen molar-refractivity contribution in [2.75, 3.05) is 24.6 Å². The number of nitrogens with two attached hydrogens (primary N) is 2. The highest BCUT2D eigenvalue weighted by Gasteiger charge is 2.28. The third-order valence-electron chi connectivity index (χ3n) is 4.37. The number of hydrogen-bond donors (Lipinski definition) is 2. The van der Waals surface area contributed by atoms with Crippen LogP contribution >= 0.6 is 22.7 Å². The molecule has 25 heavy (non-hydrogen) atoms. The second kappa shape index (κ2) is 6.02. The summed E-state index contributed by atoms with van der Waals surface area (Å²) in [7, 11) is 0. The number of nitrogens with zero attached hydrogens (tertiary/aromatic N) is 3. The number of fused-ring (bicyclic) bond motifs is 1. The van der Waals surface area contributed by atoms with Gasteiger partial charge in [0, 0.05) is 28.9 Å². The molecule has 4 rings (SSSR count). The van der Waals surface area contributed by atoms with Gasteiger partial charge >= 0.3 is 0 Å². The van der Waals surface area contributed by atoms with E-state index in [-0.39, 0.29) is 11.7 Å². The van der Waals surface area contributed by atoms with Crippen LogP contribution in [0.15, 0.2) is 17.5 Å². The fraction of sp³-hybridized carbons (Fsp3) is 0.235. The van der Waals surface area contributed by atoms with E-state index in [9.17, 15) is 10.1 Å². The van der Waals surface area contributed by atoms with Crippen LogP contribution in [0.25, 0.3) is 20.7 Å². The largest absolute Gasteiger partial charge is 0.397 e. The summed E-state index contributed by atoms with van der Waals surface area (Å²) in [5.41, 5.74) is 13.7. The summed E-state index contributed by atoms with van der Waals surface area (Å²) in [6, 6.07) is 5.96. The predicted molar refractivity (Wildman–Crippen MR) is 102 cm³/mol. The van der Waals surface area contributed by atoms with E-state index in [1.165, 1.54) is 22.7 Å². The first kappa shape index (κ1) is 15.9. The second-order valence-corrected chi connectivity index (χ2v) is 7.81. The maximum atomic E-state index is 12.8. The van der Waals surface area contributed by atoms with Crippen molar-refractivity contribution in [3.05, 3.63) is 28.0 Å². The van der Waals surface area contributed by atoms with Crippen molar-refractivity contribution in [2.24, 2.45) is 0 Å². The normalized spacial score (nSPS) is 14.1. The summed E-state index contributed by atoms with van der Waals surface area (Å²) in [5.74, 6) is 0.104. The summed E-state index contributed by atoms with van der Waals surface area (Å²) in [6.07, 6.45) is 2.03. The molecule has 0 spiro atoms. The van der Waals surface area contributed by atoms with E-state index in [0.717, 1.165) is 30.8 Å². The Hall–Kier alpha value is -2.63. The van der Waals surface area contributed by atoms with Gasteiger partial charge in [-0.25, -0.2) is 4.98 Å². The Morgan fingerprint density at radius 1 is 1.32 bits per heavy atom. The average molecular weight is 369 g/mol. The summed E-state index contributed by atoms with van der Waals surface area (Å²) >= 11 is 2.75. The molecule has 6 nitrogen and oxygen atoms in total. The second-order valence-electron chi connectivity index (χ2n) is 5.86. The van der Waals surface area contributed by atoms with E-state index in [1.54, 1.807) is 0 Å². The quantitative estimate of drug-likeness (QED) is 0.720. The number of carbonyl (C=O) groups is 1. The van der Waals surface area contributed by atoms with Crippen LogP contribution in [0.5, 0.6) is 0 Å². The Labute approximate surface area is 152 Å². The number of hydrogen-bond acceptors (Lipinski definition) is 7. The summed E-state index contributed by atoms with van der Waals surface area (Å²) in [5, 5.41) is 12.1. The van der Waals surface area contributed by atoms with Crippen LogP contribution in [0.3, 0.4) is 0 Å². The minimum Gasteiger partial charge on any atom is -0.397 e. The maximum Gasteiger partial charge on any atom is 0.266 e. The Morgan fingerprint density at radius 3 is 2.72 bits per heavy atom. The average Bonchev–Trinajstić information content (AvgIpc) is 3.35. The van der Waals surface area contributed by atoms with Crippen LogP contribution in [0.1, 0.15) is 28.1 Å². The van der Waals surface area contributed by atoms with E-state index in [4.69, 9.17) is 11.5 Å². The summed E-state index contributed by atoms with van der Waals surface area (Å²) in [4.78, 5) is 20.9.